The van der Waals surface area contributed by atoms with Crippen LogP contribution in [0.2, 0.25) is 0 Å². The summed E-state index contributed by atoms with van der Waals surface area (Å²) in [7, 11) is 0. The van der Waals surface area contributed by atoms with Gasteiger partial charge in [0.25, 0.3) is 0 Å². The van der Waals surface area contributed by atoms with Crippen molar-refractivity contribution >= 4 is 5.91 Å². The normalized spacial score (nSPS) is 20.1. The Morgan fingerprint density at radius 1 is 1.44 bits per heavy atom. The monoisotopic (exact) mass is 222 g/mol. The van der Waals surface area contributed by atoms with Gasteiger partial charge in [-0.3, -0.25) is 4.79 Å². The quantitative estimate of drug-likeness (QED) is 0.777. The van der Waals surface area contributed by atoms with Gasteiger partial charge in [-0.25, -0.2) is 0 Å². The highest BCUT2D eigenvalue weighted by Crippen LogP contribution is 2.37. The van der Waals surface area contributed by atoms with E-state index in [1.807, 2.05) is 0 Å². The van der Waals surface area contributed by atoms with Gasteiger partial charge in [0.2, 0.25) is 5.91 Å². The minimum Gasteiger partial charge on any atom is -0.352 e. The molecule has 90 valence electrons. The molecule has 1 fully saturated rings. The van der Waals surface area contributed by atoms with E-state index in [9.17, 15) is 10.1 Å². The van der Waals surface area contributed by atoms with Crippen LogP contribution in [-0.2, 0) is 4.79 Å². The molecular weight excluding hydrogens is 200 g/mol. The highest BCUT2D eigenvalue weighted by atomic mass is 16.2. The van der Waals surface area contributed by atoms with Crippen LogP contribution in [0.15, 0.2) is 0 Å². The maximum absolute atomic E-state index is 12.1. The van der Waals surface area contributed by atoms with Crippen LogP contribution in [0.25, 0.3) is 0 Å². The molecule has 1 rings (SSSR count). The molecule has 0 aliphatic heterocycles. The lowest BCUT2D eigenvalue weighted by molar-refractivity contribution is -0.128. The lowest BCUT2D eigenvalue weighted by atomic mass is 9.86. The number of nitrogens with zero attached hydrogens (tertiary/aromatic N) is 1. The number of nitriles is 1. The van der Waals surface area contributed by atoms with Crippen molar-refractivity contribution < 1.29 is 4.79 Å². The van der Waals surface area contributed by atoms with Crippen LogP contribution in [0.1, 0.15) is 58.8 Å². The molecule has 0 bridgehead atoms. The fourth-order valence-electron chi connectivity index (χ4n) is 2.42. The topological polar surface area (TPSA) is 52.9 Å². The van der Waals surface area contributed by atoms with Crippen molar-refractivity contribution in [3.63, 3.8) is 0 Å². The first-order valence-corrected chi connectivity index (χ1v) is 6.40. The molecule has 1 N–H and O–H groups in total. The molecule has 1 aliphatic carbocycles. The molecular formula is C13H22N2O. The van der Waals surface area contributed by atoms with E-state index in [4.69, 9.17) is 0 Å². The lowest BCUT2D eigenvalue weighted by Gasteiger charge is -2.24. The summed E-state index contributed by atoms with van der Waals surface area (Å²) in [6.07, 6.45) is 6.50. The van der Waals surface area contributed by atoms with Crippen molar-refractivity contribution in [1.29, 1.82) is 5.26 Å². The molecule has 0 spiro atoms. The van der Waals surface area contributed by atoms with Crippen LogP contribution in [0.4, 0.5) is 0 Å². The van der Waals surface area contributed by atoms with E-state index < -0.39 is 5.41 Å². The van der Waals surface area contributed by atoms with Crippen molar-refractivity contribution in [2.45, 2.75) is 64.8 Å². The molecule has 1 aliphatic rings. The van der Waals surface area contributed by atoms with Gasteiger partial charge in [0.15, 0.2) is 0 Å². The van der Waals surface area contributed by atoms with Gasteiger partial charge in [-0.1, -0.05) is 33.1 Å². The number of nitrogens with one attached hydrogen (secondary N) is 1. The van der Waals surface area contributed by atoms with E-state index in [1.54, 1.807) is 0 Å². The molecule has 0 aromatic rings. The van der Waals surface area contributed by atoms with E-state index in [0.717, 1.165) is 44.9 Å². The number of rotatable bonds is 5. The Hall–Kier alpha value is -1.04. The van der Waals surface area contributed by atoms with Crippen LogP contribution in [0.5, 0.6) is 0 Å². The van der Waals surface area contributed by atoms with Crippen molar-refractivity contribution in [1.82, 2.24) is 5.32 Å². The zero-order chi connectivity index (χ0) is 12.0. The summed E-state index contributed by atoms with van der Waals surface area (Å²) in [5.74, 6) is -0.0344. The second kappa shape index (κ2) is 5.89. The predicted molar refractivity (Wildman–Crippen MR) is 63.6 cm³/mol. The second-order valence-corrected chi connectivity index (χ2v) is 4.77. The number of hydrogen-bond acceptors (Lipinski definition) is 2. The molecule has 0 saturated heterocycles. The van der Waals surface area contributed by atoms with Crippen molar-refractivity contribution in [3.05, 3.63) is 0 Å². The fourth-order valence-corrected chi connectivity index (χ4v) is 2.42. The van der Waals surface area contributed by atoms with Crippen molar-refractivity contribution in [2.75, 3.05) is 0 Å². The molecule has 1 amide bonds. The predicted octanol–water partition coefficient (Wildman–Crippen LogP) is 2.77. The maximum atomic E-state index is 12.1. The molecule has 0 aromatic carbocycles. The third-order valence-electron chi connectivity index (χ3n) is 3.57. The summed E-state index contributed by atoms with van der Waals surface area (Å²) >= 11 is 0. The first-order valence-electron chi connectivity index (χ1n) is 6.40. The summed E-state index contributed by atoms with van der Waals surface area (Å²) in [5, 5.41) is 12.2. The summed E-state index contributed by atoms with van der Waals surface area (Å²) in [6, 6.07) is 2.48. The van der Waals surface area contributed by atoms with Gasteiger partial charge >= 0.3 is 0 Å². The summed E-state index contributed by atoms with van der Waals surface area (Å²) in [4.78, 5) is 12.1. The molecule has 1 atom stereocenters. The smallest absolute Gasteiger partial charge is 0.240 e. The van der Waals surface area contributed by atoms with Crippen LogP contribution in [0, 0.1) is 16.7 Å². The van der Waals surface area contributed by atoms with Crippen molar-refractivity contribution in [3.8, 4) is 6.07 Å². The molecule has 3 heteroatoms. The van der Waals surface area contributed by atoms with Gasteiger partial charge < -0.3 is 5.32 Å². The van der Waals surface area contributed by atoms with Crippen LogP contribution in [-0.4, -0.2) is 11.9 Å². The molecule has 0 radical (unpaired) electrons. The Labute approximate surface area is 98.2 Å². The minimum atomic E-state index is -0.721. The zero-order valence-electron chi connectivity index (χ0n) is 10.4. The van der Waals surface area contributed by atoms with Gasteiger partial charge in [0.1, 0.15) is 5.41 Å². The lowest BCUT2D eigenvalue weighted by Crippen LogP contribution is -2.43. The van der Waals surface area contributed by atoms with E-state index in [2.05, 4.69) is 25.2 Å². The largest absolute Gasteiger partial charge is 0.352 e. The molecule has 0 aromatic heterocycles. The third kappa shape index (κ3) is 2.75. The van der Waals surface area contributed by atoms with E-state index in [0.29, 0.717) is 0 Å². The van der Waals surface area contributed by atoms with Gasteiger partial charge in [0, 0.05) is 6.04 Å². The zero-order valence-corrected chi connectivity index (χ0v) is 10.4. The first-order chi connectivity index (χ1) is 7.68. The van der Waals surface area contributed by atoms with Gasteiger partial charge in [-0.2, -0.15) is 5.26 Å². The highest BCUT2D eigenvalue weighted by Gasteiger charge is 2.41. The maximum Gasteiger partial charge on any atom is 0.240 e. The summed E-state index contributed by atoms with van der Waals surface area (Å²) < 4.78 is 0. The van der Waals surface area contributed by atoms with E-state index in [-0.39, 0.29) is 11.9 Å². The first kappa shape index (κ1) is 13.0. The fraction of sp³-hybridized carbons (Fsp3) is 0.846. The van der Waals surface area contributed by atoms with Crippen LogP contribution < -0.4 is 5.32 Å². The standard InChI is InChI=1S/C13H22N2O/c1-3-7-11(4-2)15-12(16)13(10-14)8-5-6-9-13/h11H,3-9H2,1-2H3,(H,15,16). The molecule has 1 saturated carbocycles. The molecule has 3 nitrogen and oxygen atoms in total. The van der Waals surface area contributed by atoms with Gasteiger partial charge in [-0.05, 0) is 25.7 Å². The van der Waals surface area contributed by atoms with E-state index in [1.165, 1.54) is 0 Å². The molecule has 16 heavy (non-hydrogen) atoms. The van der Waals surface area contributed by atoms with Crippen LogP contribution >= 0.6 is 0 Å². The Morgan fingerprint density at radius 3 is 2.50 bits per heavy atom. The van der Waals surface area contributed by atoms with Gasteiger partial charge in [0.05, 0.1) is 6.07 Å². The Kier molecular flexibility index (Phi) is 4.79. The number of hydrogen-bond donors (Lipinski definition) is 1. The molecule has 1 unspecified atom stereocenters. The number of amides is 1. The van der Waals surface area contributed by atoms with Gasteiger partial charge in [-0.15, -0.1) is 0 Å². The third-order valence-corrected chi connectivity index (χ3v) is 3.57. The summed E-state index contributed by atoms with van der Waals surface area (Å²) in [5.41, 5.74) is -0.721. The Bertz CT molecular complexity index is 274. The highest BCUT2D eigenvalue weighted by molar-refractivity contribution is 5.85. The SMILES string of the molecule is CCCC(CC)NC(=O)C1(C#N)CCCC1. The average molecular weight is 222 g/mol. The van der Waals surface area contributed by atoms with Crippen LogP contribution in [0.3, 0.4) is 0 Å². The summed E-state index contributed by atoms with van der Waals surface area (Å²) in [6.45, 7) is 4.19. The van der Waals surface area contributed by atoms with E-state index >= 15 is 0 Å². The number of carbonyl (C=O) groups is 1. The number of carbonyl (C=O) groups excluding carboxylic acids is 1. The second-order valence-electron chi connectivity index (χ2n) is 4.77. The Balaban J connectivity index is 2.59. The minimum absolute atomic E-state index is 0.0344. The molecule has 0 heterocycles. The average Bonchev–Trinajstić information content (AvgIpc) is 2.78. The Morgan fingerprint density at radius 2 is 2.06 bits per heavy atom. The van der Waals surface area contributed by atoms with Crippen molar-refractivity contribution in [2.24, 2.45) is 5.41 Å².